The SMILES string of the molecule is CC1CCN(CC(=O)Nc2ccccc2NC(=O)c2ccc(F)cc2)CC1. The average Bonchev–Trinajstić information content (AvgIpc) is 2.65. The number of hydrogen-bond donors (Lipinski definition) is 2. The first-order chi connectivity index (χ1) is 13.0. The maximum atomic E-state index is 13.0. The van der Waals surface area contributed by atoms with Gasteiger partial charge in [-0.25, -0.2) is 4.39 Å². The quantitative estimate of drug-likeness (QED) is 0.844. The smallest absolute Gasteiger partial charge is 0.255 e. The lowest BCUT2D eigenvalue weighted by molar-refractivity contribution is -0.117. The highest BCUT2D eigenvalue weighted by atomic mass is 19.1. The third kappa shape index (κ3) is 5.37. The molecule has 142 valence electrons. The predicted molar refractivity (Wildman–Crippen MR) is 104 cm³/mol. The Kier molecular flexibility index (Phi) is 6.19. The molecule has 0 radical (unpaired) electrons. The van der Waals surface area contributed by atoms with E-state index in [2.05, 4.69) is 22.5 Å². The van der Waals surface area contributed by atoms with Gasteiger partial charge in [0.25, 0.3) is 5.91 Å². The Morgan fingerprint density at radius 1 is 1.00 bits per heavy atom. The van der Waals surface area contributed by atoms with Gasteiger partial charge in [-0.05, 0) is 68.2 Å². The summed E-state index contributed by atoms with van der Waals surface area (Å²) in [6.07, 6.45) is 2.22. The molecule has 3 rings (SSSR count). The minimum atomic E-state index is -0.397. The molecule has 0 aliphatic carbocycles. The van der Waals surface area contributed by atoms with Crippen molar-refractivity contribution in [3.8, 4) is 0 Å². The molecular formula is C21H24FN3O2. The van der Waals surface area contributed by atoms with Crippen molar-refractivity contribution in [3.05, 3.63) is 59.9 Å². The zero-order valence-corrected chi connectivity index (χ0v) is 15.4. The van der Waals surface area contributed by atoms with E-state index in [4.69, 9.17) is 0 Å². The Labute approximate surface area is 158 Å². The van der Waals surface area contributed by atoms with E-state index in [9.17, 15) is 14.0 Å². The number of para-hydroxylation sites is 2. The van der Waals surface area contributed by atoms with Gasteiger partial charge in [0.1, 0.15) is 5.82 Å². The number of nitrogens with one attached hydrogen (secondary N) is 2. The van der Waals surface area contributed by atoms with Crippen LogP contribution in [0.3, 0.4) is 0 Å². The molecule has 2 N–H and O–H groups in total. The Balaban J connectivity index is 1.62. The summed E-state index contributed by atoms with van der Waals surface area (Å²) >= 11 is 0. The molecule has 0 atom stereocenters. The normalized spacial score (nSPS) is 15.3. The van der Waals surface area contributed by atoms with Crippen LogP contribution in [0.4, 0.5) is 15.8 Å². The second-order valence-electron chi connectivity index (χ2n) is 7.01. The van der Waals surface area contributed by atoms with Crippen LogP contribution in [0.5, 0.6) is 0 Å². The predicted octanol–water partition coefficient (Wildman–Crippen LogP) is 3.75. The van der Waals surface area contributed by atoms with Crippen LogP contribution in [0.15, 0.2) is 48.5 Å². The minimum absolute atomic E-state index is 0.104. The standard InChI is InChI=1S/C21H24FN3O2/c1-15-10-12-25(13-11-15)14-20(26)23-18-4-2-3-5-19(18)24-21(27)16-6-8-17(22)9-7-16/h2-9,15H,10-14H2,1H3,(H,23,26)(H,24,27). The van der Waals surface area contributed by atoms with Crippen LogP contribution >= 0.6 is 0 Å². The second-order valence-corrected chi connectivity index (χ2v) is 7.01. The first kappa shape index (κ1) is 19.0. The highest BCUT2D eigenvalue weighted by Crippen LogP contribution is 2.22. The fourth-order valence-corrected chi connectivity index (χ4v) is 3.11. The molecule has 2 aromatic carbocycles. The summed E-state index contributed by atoms with van der Waals surface area (Å²) in [5.74, 6) is -0.146. The number of likely N-dealkylation sites (tertiary alicyclic amines) is 1. The van der Waals surface area contributed by atoms with Gasteiger partial charge in [0.05, 0.1) is 17.9 Å². The molecule has 2 amide bonds. The summed E-state index contributed by atoms with van der Waals surface area (Å²) in [5, 5.41) is 5.65. The number of amides is 2. The number of carbonyl (C=O) groups excluding carboxylic acids is 2. The molecule has 0 saturated carbocycles. The van der Waals surface area contributed by atoms with E-state index in [1.807, 2.05) is 0 Å². The van der Waals surface area contributed by atoms with E-state index in [0.29, 0.717) is 29.4 Å². The van der Waals surface area contributed by atoms with Crippen molar-refractivity contribution in [2.24, 2.45) is 5.92 Å². The molecule has 2 aromatic rings. The molecule has 1 fully saturated rings. The van der Waals surface area contributed by atoms with Crippen LogP contribution in [0.1, 0.15) is 30.1 Å². The Bertz CT molecular complexity index is 799. The summed E-state index contributed by atoms with van der Waals surface area (Å²) in [6, 6.07) is 12.4. The van der Waals surface area contributed by atoms with E-state index in [-0.39, 0.29) is 11.8 Å². The molecule has 27 heavy (non-hydrogen) atoms. The number of hydrogen-bond acceptors (Lipinski definition) is 3. The number of carbonyl (C=O) groups is 2. The Hall–Kier alpha value is -2.73. The minimum Gasteiger partial charge on any atom is -0.323 e. The van der Waals surface area contributed by atoms with E-state index >= 15 is 0 Å². The van der Waals surface area contributed by atoms with Gasteiger partial charge in [-0.2, -0.15) is 0 Å². The van der Waals surface area contributed by atoms with Gasteiger partial charge in [-0.15, -0.1) is 0 Å². The van der Waals surface area contributed by atoms with Gasteiger partial charge >= 0.3 is 0 Å². The van der Waals surface area contributed by atoms with E-state index in [1.54, 1.807) is 24.3 Å². The third-order valence-electron chi connectivity index (χ3n) is 4.80. The molecule has 1 aliphatic rings. The van der Waals surface area contributed by atoms with Crippen molar-refractivity contribution in [2.75, 3.05) is 30.3 Å². The van der Waals surface area contributed by atoms with Gasteiger partial charge in [0, 0.05) is 5.56 Å². The summed E-state index contributed by atoms with van der Waals surface area (Å²) in [5.41, 5.74) is 1.40. The van der Waals surface area contributed by atoms with Crippen molar-refractivity contribution in [1.29, 1.82) is 0 Å². The summed E-state index contributed by atoms with van der Waals surface area (Å²) < 4.78 is 13.0. The fraction of sp³-hybridized carbons (Fsp3) is 0.333. The van der Waals surface area contributed by atoms with E-state index in [0.717, 1.165) is 25.9 Å². The van der Waals surface area contributed by atoms with Crippen molar-refractivity contribution in [3.63, 3.8) is 0 Å². The zero-order valence-electron chi connectivity index (χ0n) is 15.4. The van der Waals surface area contributed by atoms with Crippen molar-refractivity contribution in [2.45, 2.75) is 19.8 Å². The molecule has 0 bridgehead atoms. The summed E-state index contributed by atoms with van der Waals surface area (Å²) in [6.45, 7) is 4.43. The molecule has 5 nitrogen and oxygen atoms in total. The summed E-state index contributed by atoms with van der Waals surface area (Å²) in [7, 11) is 0. The monoisotopic (exact) mass is 369 g/mol. The first-order valence-corrected chi connectivity index (χ1v) is 9.19. The Morgan fingerprint density at radius 2 is 1.59 bits per heavy atom. The number of anilines is 2. The van der Waals surface area contributed by atoms with Gasteiger partial charge < -0.3 is 10.6 Å². The lowest BCUT2D eigenvalue weighted by atomic mass is 9.99. The van der Waals surface area contributed by atoms with Gasteiger partial charge in [-0.3, -0.25) is 14.5 Å². The van der Waals surface area contributed by atoms with Crippen LogP contribution in [-0.2, 0) is 4.79 Å². The number of nitrogens with zero attached hydrogens (tertiary/aromatic N) is 1. The molecular weight excluding hydrogens is 345 g/mol. The van der Waals surface area contributed by atoms with Crippen molar-refractivity contribution < 1.29 is 14.0 Å². The topological polar surface area (TPSA) is 61.4 Å². The molecule has 0 spiro atoms. The van der Waals surface area contributed by atoms with E-state index < -0.39 is 5.82 Å². The molecule has 0 aromatic heterocycles. The fourth-order valence-electron chi connectivity index (χ4n) is 3.11. The van der Waals surface area contributed by atoms with Gasteiger partial charge in [0.15, 0.2) is 0 Å². The van der Waals surface area contributed by atoms with Gasteiger partial charge in [0.2, 0.25) is 5.91 Å². The molecule has 1 aliphatic heterocycles. The van der Waals surface area contributed by atoms with Crippen LogP contribution < -0.4 is 10.6 Å². The van der Waals surface area contributed by atoms with E-state index in [1.165, 1.54) is 24.3 Å². The number of halogens is 1. The molecule has 1 saturated heterocycles. The maximum Gasteiger partial charge on any atom is 0.255 e. The number of piperidine rings is 1. The van der Waals surface area contributed by atoms with Crippen LogP contribution in [0.25, 0.3) is 0 Å². The van der Waals surface area contributed by atoms with Crippen LogP contribution in [0, 0.1) is 11.7 Å². The van der Waals surface area contributed by atoms with Crippen molar-refractivity contribution in [1.82, 2.24) is 4.90 Å². The summed E-state index contributed by atoms with van der Waals surface area (Å²) in [4.78, 5) is 26.9. The highest BCUT2D eigenvalue weighted by molar-refractivity contribution is 6.07. The van der Waals surface area contributed by atoms with Gasteiger partial charge in [-0.1, -0.05) is 19.1 Å². The third-order valence-corrected chi connectivity index (χ3v) is 4.80. The maximum absolute atomic E-state index is 13.0. The second kappa shape index (κ2) is 8.77. The lowest BCUT2D eigenvalue weighted by Gasteiger charge is -2.29. The zero-order chi connectivity index (χ0) is 19.2. The van der Waals surface area contributed by atoms with Crippen LogP contribution in [0.2, 0.25) is 0 Å². The lowest BCUT2D eigenvalue weighted by Crippen LogP contribution is -2.38. The molecule has 1 heterocycles. The largest absolute Gasteiger partial charge is 0.323 e. The highest BCUT2D eigenvalue weighted by Gasteiger charge is 2.18. The van der Waals surface area contributed by atoms with Crippen LogP contribution in [-0.4, -0.2) is 36.3 Å². The number of benzene rings is 2. The molecule has 0 unspecified atom stereocenters. The first-order valence-electron chi connectivity index (χ1n) is 9.19. The Morgan fingerprint density at radius 3 is 2.22 bits per heavy atom. The molecule has 6 heteroatoms. The average molecular weight is 369 g/mol. The number of rotatable bonds is 5. The van der Waals surface area contributed by atoms with Crippen molar-refractivity contribution >= 4 is 23.2 Å².